The van der Waals surface area contributed by atoms with Crippen LogP contribution >= 0.6 is 0 Å². The lowest BCUT2D eigenvalue weighted by atomic mass is 10.2. The average molecular weight is 243 g/mol. The first-order valence-electron chi connectivity index (χ1n) is 6.27. The van der Waals surface area contributed by atoms with Gasteiger partial charge < -0.3 is 15.4 Å². The average Bonchev–Trinajstić information content (AvgIpc) is 2.92. The zero-order valence-corrected chi connectivity index (χ0v) is 10.5. The highest BCUT2D eigenvalue weighted by Gasteiger charge is 2.14. The molecule has 1 aliphatic rings. The van der Waals surface area contributed by atoms with Crippen LogP contribution in [0.1, 0.15) is 12.8 Å². The van der Waals surface area contributed by atoms with Crippen LogP contribution in [0.2, 0.25) is 0 Å². The Balaban J connectivity index is 2.08. The van der Waals surface area contributed by atoms with Crippen molar-refractivity contribution in [1.82, 2.24) is 4.98 Å². The van der Waals surface area contributed by atoms with Crippen LogP contribution in [0, 0.1) is 0 Å². The minimum absolute atomic E-state index is 0.672. The van der Waals surface area contributed by atoms with Gasteiger partial charge in [0.15, 0.2) is 0 Å². The molecule has 0 radical (unpaired) electrons. The first kappa shape index (κ1) is 11.1. The fraction of sp³-hybridized carbons (Fsp3) is 0.357. The second kappa shape index (κ2) is 4.37. The summed E-state index contributed by atoms with van der Waals surface area (Å²) in [5, 5.41) is 1.02. The maximum absolute atomic E-state index is 6.04. The van der Waals surface area contributed by atoms with Crippen LogP contribution in [-0.2, 0) is 0 Å². The molecule has 4 heteroatoms. The summed E-state index contributed by atoms with van der Waals surface area (Å²) in [6.07, 6.45) is 2.50. The minimum atomic E-state index is 0.672. The number of nitrogens with zero attached hydrogens (tertiary/aromatic N) is 2. The van der Waals surface area contributed by atoms with Crippen molar-refractivity contribution in [3.05, 3.63) is 24.3 Å². The topological polar surface area (TPSA) is 51.4 Å². The van der Waals surface area contributed by atoms with E-state index in [-0.39, 0.29) is 0 Å². The van der Waals surface area contributed by atoms with Crippen molar-refractivity contribution in [3.63, 3.8) is 0 Å². The number of rotatable bonds is 2. The van der Waals surface area contributed by atoms with Gasteiger partial charge in [-0.05, 0) is 31.0 Å². The van der Waals surface area contributed by atoms with Crippen LogP contribution in [0.4, 0.5) is 11.5 Å². The number of nitrogen functional groups attached to an aromatic ring is 1. The molecule has 0 bridgehead atoms. The van der Waals surface area contributed by atoms with Gasteiger partial charge in [0.2, 0.25) is 0 Å². The Morgan fingerprint density at radius 3 is 2.72 bits per heavy atom. The van der Waals surface area contributed by atoms with E-state index in [1.807, 2.05) is 12.1 Å². The van der Waals surface area contributed by atoms with Crippen LogP contribution in [0.5, 0.6) is 5.75 Å². The van der Waals surface area contributed by atoms with Crippen molar-refractivity contribution in [1.29, 1.82) is 0 Å². The molecule has 1 aliphatic heterocycles. The first-order chi connectivity index (χ1) is 8.78. The van der Waals surface area contributed by atoms with E-state index in [2.05, 4.69) is 22.0 Å². The van der Waals surface area contributed by atoms with Gasteiger partial charge in [-0.2, -0.15) is 0 Å². The third kappa shape index (κ3) is 1.83. The van der Waals surface area contributed by atoms with Crippen LogP contribution in [-0.4, -0.2) is 25.2 Å². The molecule has 2 N–H and O–H groups in total. The van der Waals surface area contributed by atoms with E-state index in [0.717, 1.165) is 35.6 Å². The number of anilines is 2. The number of benzene rings is 1. The molecule has 3 rings (SSSR count). The van der Waals surface area contributed by atoms with E-state index in [0.29, 0.717) is 5.69 Å². The van der Waals surface area contributed by atoms with Gasteiger partial charge in [-0.3, -0.25) is 0 Å². The summed E-state index contributed by atoms with van der Waals surface area (Å²) >= 11 is 0. The maximum atomic E-state index is 6.04. The zero-order valence-electron chi connectivity index (χ0n) is 10.5. The second-order valence-corrected chi connectivity index (χ2v) is 4.65. The molecular formula is C14H17N3O. The number of nitrogens with two attached hydrogens (primary N) is 1. The highest BCUT2D eigenvalue weighted by atomic mass is 16.5. The smallest absolute Gasteiger partial charge is 0.129 e. The van der Waals surface area contributed by atoms with Crippen molar-refractivity contribution in [2.75, 3.05) is 30.8 Å². The largest absolute Gasteiger partial charge is 0.497 e. The molecule has 94 valence electrons. The van der Waals surface area contributed by atoms with Gasteiger partial charge in [-0.1, -0.05) is 0 Å². The Labute approximate surface area is 106 Å². The minimum Gasteiger partial charge on any atom is -0.497 e. The first-order valence-corrected chi connectivity index (χ1v) is 6.27. The molecule has 0 spiro atoms. The van der Waals surface area contributed by atoms with Gasteiger partial charge in [0.25, 0.3) is 0 Å². The highest BCUT2D eigenvalue weighted by molar-refractivity contribution is 5.92. The second-order valence-electron chi connectivity index (χ2n) is 4.65. The number of methoxy groups -OCH3 is 1. The zero-order chi connectivity index (χ0) is 12.5. The predicted molar refractivity (Wildman–Crippen MR) is 74.2 cm³/mol. The van der Waals surface area contributed by atoms with Gasteiger partial charge in [-0.15, -0.1) is 0 Å². The van der Waals surface area contributed by atoms with E-state index < -0.39 is 0 Å². The number of hydrogen-bond donors (Lipinski definition) is 1. The van der Waals surface area contributed by atoms with E-state index in [1.165, 1.54) is 12.8 Å². The van der Waals surface area contributed by atoms with Crippen LogP contribution in [0.15, 0.2) is 24.3 Å². The standard InChI is InChI=1S/C14H17N3O/c1-18-11-8-10-4-5-13(17-6-2-3-7-17)16-14(10)12(15)9-11/h4-5,8-9H,2-3,6-7,15H2,1H3. The molecule has 0 atom stereocenters. The molecule has 18 heavy (non-hydrogen) atoms. The van der Waals surface area contributed by atoms with E-state index in [9.17, 15) is 0 Å². The Hall–Kier alpha value is -1.97. The van der Waals surface area contributed by atoms with Crippen molar-refractivity contribution in [2.45, 2.75) is 12.8 Å². The number of ether oxygens (including phenoxy) is 1. The summed E-state index contributed by atoms with van der Waals surface area (Å²) in [4.78, 5) is 6.99. The normalized spacial score (nSPS) is 15.3. The molecule has 4 nitrogen and oxygen atoms in total. The predicted octanol–water partition coefficient (Wildman–Crippen LogP) is 2.43. The lowest BCUT2D eigenvalue weighted by Crippen LogP contribution is -2.18. The molecule has 0 amide bonds. The quantitative estimate of drug-likeness (QED) is 0.823. The Bertz CT molecular complexity index is 577. The monoisotopic (exact) mass is 243 g/mol. The van der Waals surface area contributed by atoms with E-state index in [1.54, 1.807) is 7.11 Å². The molecule has 1 aromatic carbocycles. The fourth-order valence-electron chi connectivity index (χ4n) is 2.46. The third-order valence-corrected chi connectivity index (χ3v) is 3.45. The Morgan fingerprint density at radius 2 is 2.00 bits per heavy atom. The Kier molecular flexibility index (Phi) is 2.70. The molecule has 1 saturated heterocycles. The van der Waals surface area contributed by atoms with Crippen LogP contribution in [0.25, 0.3) is 10.9 Å². The van der Waals surface area contributed by atoms with Crippen molar-refractivity contribution in [2.24, 2.45) is 0 Å². The van der Waals surface area contributed by atoms with E-state index in [4.69, 9.17) is 10.5 Å². The van der Waals surface area contributed by atoms with Crippen molar-refractivity contribution < 1.29 is 4.74 Å². The summed E-state index contributed by atoms with van der Waals surface area (Å²) in [5.74, 6) is 1.80. The molecule has 2 aromatic rings. The molecule has 1 aromatic heterocycles. The number of pyridine rings is 1. The van der Waals surface area contributed by atoms with Gasteiger partial charge in [0.05, 0.1) is 18.3 Å². The van der Waals surface area contributed by atoms with Gasteiger partial charge in [-0.25, -0.2) is 4.98 Å². The SMILES string of the molecule is COc1cc(N)c2nc(N3CCCC3)ccc2c1. The highest BCUT2D eigenvalue weighted by Crippen LogP contribution is 2.28. The lowest BCUT2D eigenvalue weighted by molar-refractivity contribution is 0.415. The van der Waals surface area contributed by atoms with Crippen molar-refractivity contribution in [3.8, 4) is 5.75 Å². The number of hydrogen-bond acceptors (Lipinski definition) is 4. The van der Waals surface area contributed by atoms with Crippen LogP contribution in [0.3, 0.4) is 0 Å². The molecular weight excluding hydrogens is 226 g/mol. The number of aromatic nitrogens is 1. The lowest BCUT2D eigenvalue weighted by Gasteiger charge is -2.17. The van der Waals surface area contributed by atoms with Crippen LogP contribution < -0.4 is 15.4 Å². The van der Waals surface area contributed by atoms with Crippen molar-refractivity contribution >= 4 is 22.4 Å². The number of fused-ring (bicyclic) bond motifs is 1. The molecule has 0 unspecified atom stereocenters. The summed E-state index contributed by atoms with van der Waals surface area (Å²) in [5.41, 5.74) is 7.57. The summed E-state index contributed by atoms with van der Waals surface area (Å²) in [6, 6.07) is 7.91. The summed E-state index contributed by atoms with van der Waals surface area (Å²) in [6.45, 7) is 2.18. The fourth-order valence-corrected chi connectivity index (χ4v) is 2.46. The summed E-state index contributed by atoms with van der Waals surface area (Å²) in [7, 11) is 1.65. The maximum Gasteiger partial charge on any atom is 0.129 e. The molecule has 0 aliphatic carbocycles. The van der Waals surface area contributed by atoms with Gasteiger partial charge >= 0.3 is 0 Å². The van der Waals surface area contributed by atoms with Gasteiger partial charge in [0, 0.05) is 24.5 Å². The molecule has 0 saturated carbocycles. The van der Waals surface area contributed by atoms with E-state index >= 15 is 0 Å². The Morgan fingerprint density at radius 1 is 1.22 bits per heavy atom. The summed E-state index contributed by atoms with van der Waals surface area (Å²) < 4.78 is 5.21. The van der Waals surface area contributed by atoms with Gasteiger partial charge in [0.1, 0.15) is 11.6 Å². The third-order valence-electron chi connectivity index (χ3n) is 3.45. The molecule has 2 heterocycles. The molecule has 1 fully saturated rings.